The molecule has 1 heterocycles. The Labute approximate surface area is 111 Å². The van der Waals surface area contributed by atoms with Gasteiger partial charge in [0.1, 0.15) is 6.17 Å². The Bertz CT molecular complexity index is 550. The first-order chi connectivity index (χ1) is 9.22. The van der Waals surface area contributed by atoms with E-state index >= 15 is 0 Å². The number of H-pyrrole nitrogens is 1. The highest BCUT2D eigenvalue weighted by atomic mass is 19.1. The molecule has 2 rings (SSSR count). The molecule has 1 atom stereocenters. The number of hydrogen-bond acceptors (Lipinski definition) is 2. The molecule has 0 bridgehead atoms. The molecule has 0 fully saturated rings. The van der Waals surface area contributed by atoms with Crippen LogP contribution in [0.4, 0.5) is 4.39 Å². The summed E-state index contributed by atoms with van der Waals surface area (Å²) in [5, 5.41) is 0.933. The van der Waals surface area contributed by atoms with Crippen LogP contribution < -0.4 is 0 Å². The number of aromatic amines is 1. The second kappa shape index (κ2) is 6.36. The lowest BCUT2D eigenvalue weighted by atomic mass is 10.0. The van der Waals surface area contributed by atoms with Crippen LogP contribution in [0.25, 0.3) is 10.9 Å². The average Bonchev–Trinajstić information content (AvgIpc) is 2.87. The predicted molar refractivity (Wildman–Crippen MR) is 72.6 cm³/mol. The number of benzene rings is 1. The van der Waals surface area contributed by atoms with Gasteiger partial charge < -0.3 is 9.72 Å². The highest BCUT2D eigenvalue weighted by molar-refractivity contribution is 5.83. The van der Waals surface area contributed by atoms with Crippen LogP contribution in [0.15, 0.2) is 30.5 Å². The highest BCUT2D eigenvalue weighted by Crippen LogP contribution is 2.30. The number of aromatic nitrogens is 1. The molecule has 0 spiro atoms. The summed E-state index contributed by atoms with van der Waals surface area (Å²) in [6.45, 7) is 0. The largest absolute Gasteiger partial charge is 0.469 e. The molecule has 0 aliphatic rings. The lowest BCUT2D eigenvalue weighted by Crippen LogP contribution is -2.00. The van der Waals surface area contributed by atoms with Crippen molar-refractivity contribution in [3.05, 3.63) is 36.0 Å². The van der Waals surface area contributed by atoms with Gasteiger partial charge in [-0.2, -0.15) is 0 Å². The van der Waals surface area contributed by atoms with Crippen molar-refractivity contribution < 1.29 is 13.9 Å². The zero-order chi connectivity index (χ0) is 13.7. The van der Waals surface area contributed by atoms with E-state index in [0.29, 0.717) is 31.2 Å². The monoisotopic (exact) mass is 263 g/mol. The van der Waals surface area contributed by atoms with Gasteiger partial charge in [-0.15, -0.1) is 0 Å². The first-order valence-corrected chi connectivity index (χ1v) is 6.49. The molecule has 1 aromatic heterocycles. The minimum atomic E-state index is -0.992. The molecular weight excluding hydrogens is 245 g/mol. The Hall–Kier alpha value is -1.84. The third kappa shape index (κ3) is 3.34. The van der Waals surface area contributed by atoms with Gasteiger partial charge in [-0.3, -0.25) is 4.79 Å². The number of para-hydroxylation sites is 1. The van der Waals surface area contributed by atoms with Crippen LogP contribution in [-0.2, 0) is 9.53 Å². The summed E-state index contributed by atoms with van der Waals surface area (Å²) in [7, 11) is 1.37. The number of nitrogens with one attached hydrogen (secondary N) is 1. The summed E-state index contributed by atoms with van der Waals surface area (Å²) in [6.07, 6.45) is 2.87. The lowest BCUT2D eigenvalue weighted by molar-refractivity contribution is -0.140. The van der Waals surface area contributed by atoms with Crippen LogP contribution in [0.2, 0.25) is 0 Å². The molecule has 0 radical (unpaired) electrons. The van der Waals surface area contributed by atoms with Crippen LogP contribution in [0.1, 0.15) is 37.4 Å². The van der Waals surface area contributed by atoms with Crippen LogP contribution in [0, 0.1) is 0 Å². The fourth-order valence-electron chi connectivity index (χ4n) is 2.20. The van der Waals surface area contributed by atoms with Gasteiger partial charge in [-0.05, 0) is 25.3 Å². The fourth-order valence-corrected chi connectivity index (χ4v) is 2.20. The Morgan fingerprint density at radius 1 is 1.37 bits per heavy atom. The number of ether oxygens (including phenoxy) is 1. The van der Waals surface area contributed by atoms with E-state index in [1.807, 2.05) is 24.3 Å². The van der Waals surface area contributed by atoms with Crippen molar-refractivity contribution in [1.82, 2.24) is 4.98 Å². The SMILES string of the molecule is COC(=O)CCCCC(F)c1c[nH]c2ccccc12. The van der Waals surface area contributed by atoms with Crippen LogP contribution in [0.5, 0.6) is 0 Å². The number of fused-ring (bicyclic) bond motifs is 1. The number of unbranched alkanes of at least 4 members (excludes halogenated alkanes) is 1. The number of hydrogen-bond donors (Lipinski definition) is 1. The van der Waals surface area contributed by atoms with Crippen molar-refractivity contribution >= 4 is 16.9 Å². The maximum absolute atomic E-state index is 14.2. The first kappa shape index (κ1) is 13.6. The van der Waals surface area contributed by atoms with E-state index in [0.717, 1.165) is 10.9 Å². The van der Waals surface area contributed by atoms with Crippen molar-refractivity contribution in [2.75, 3.05) is 7.11 Å². The quantitative estimate of drug-likeness (QED) is 0.634. The summed E-state index contributed by atoms with van der Waals surface area (Å²) in [5.74, 6) is -0.234. The van der Waals surface area contributed by atoms with Gasteiger partial charge in [0, 0.05) is 29.1 Å². The Kier molecular flexibility index (Phi) is 4.55. The maximum Gasteiger partial charge on any atom is 0.305 e. The van der Waals surface area contributed by atoms with Gasteiger partial charge in [-0.25, -0.2) is 4.39 Å². The molecule has 4 heteroatoms. The van der Waals surface area contributed by atoms with Gasteiger partial charge in [0.25, 0.3) is 0 Å². The first-order valence-electron chi connectivity index (χ1n) is 6.49. The molecule has 0 saturated carbocycles. The predicted octanol–water partition coefficient (Wildman–Crippen LogP) is 3.91. The van der Waals surface area contributed by atoms with E-state index in [4.69, 9.17) is 0 Å². The molecule has 102 valence electrons. The standard InChI is InChI=1S/C15H18FNO2/c1-19-15(18)9-5-3-7-13(16)12-10-17-14-8-4-2-6-11(12)14/h2,4,6,8,10,13,17H,3,5,7,9H2,1H3. The van der Waals surface area contributed by atoms with Gasteiger partial charge in [0.05, 0.1) is 7.11 Å². The topological polar surface area (TPSA) is 42.1 Å². The Morgan fingerprint density at radius 2 is 2.16 bits per heavy atom. The molecule has 0 saturated heterocycles. The number of alkyl halides is 1. The number of methoxy groups -OCH3 is 1. The zero-order valence-electron chi connectivity index (χ0n) is 11.0. The molecule has 0 aliphatic heterocycles. The summed E-state index contributed by atoms with van der Waals surface area (Å²) < 4.78 is 18.7. The lowest BCUT2D eigenvalue weighted by Gasteiger charge is -2.06. The van der Waals surface area contributed by atoms with E-state index < -0.39 is 6.17 Å². The molecule has 19 heavy (non-hydrogen) atoms. The third-order valence-corrected chi connectivity index (χ3v) is 3.27. The molecule has 1 unspecified atom stereocenters. The third-order valence-electron chi connectivity index (χ3n) is 3.27. The second-order valence-corrected chi connectivity index (χ2v) is 4.58. The second-order valence-electron chi connectivity index (χ2n) is 4.58. The van der Waals surface area contributed by atoms with Crippen molar-refractivity contribution in [1.29, 1.82) is 0 Å². The smallest absolute Gasteiger partial charge is 0.305 e. The number of halogens is 1. The number of carbonyl (C=O) groups excluding carboxylic acids is 1. The number of esters is 1. The zero-order valence-corrected chi connectivity index (χ0v) is 11.0. The molecule has 0 amide bonds. The van der Waals surface area contributed by atoms with Crippen molar-refractivity contribution in [3.8, 4) is 0 Å². The minimum absolute atomic E-state index is 0.234. The van der Waals surface area contributed by atoms with Crippen molar-refractivity contribution in [2.45, 2.75) is 31.9 Å². The number of carbonyl (C=O) groups is 1. The maximum atomic E-state index is 14.2. The molecule has 1 aromatic carbocycles. The van der Waals surface area contributed by atoms with Gasteiger partial charge in [-0.1, -0.05) is 18.2 Å². The van der Waals surface area contributed by atoms with E-state index in [1.54, 1.807) is 6.20 Å². The summed E-state index contributed by atoms with van der Waals surface area (Å²) in [5.41, 5.74) is 1.66. The molecule has 0 aliphatic carbocycles. The van der Waals surface area contributed by atoms with Crippen LogP contribution >= 0.6 is 0 Å². The Balaban J connectivity index is 1.89. The summed E-state index contributed by atoms with van der Waals surface area (Å²) in [4.78, 5) is 14.0. The fraction of sp³-hybridized carbons (Fsp3) is 0.400. The van der Waals surface area contributed by atoms with Gasteiger partial charge in [0.15, 0.2) is 0 Å². The van der Waals surface area contributed by atoms with Crippen LogP contribution in [-0.4, -0.2) is 18.1 Å². The summed E-state index contributed by atoms with van der Waals surface area (Å²) in [6, 6.07) is 7.68. The van der Waals surface area contributed by atoms with Crippen molar-refractivity contribution in [2.24, 2.45) is 0 Å². The highest BCUT2D eigenvalue weighted by Gasteiger charge is 2.14. The van der Waals surface area contributed by atoms with Gasteiger partial charge in [0.2, 0.25) is 0 Å². The molecule has 3 nitrogen and oxygen atoms in total. The van der Waals surface area contributed by atoms with E-state index in [2.05, 4.69) is 9.72 Å². The average molecular weight is 263 g/mol. The number of rotatable bonds is 6. The molecule has 2 aromatic rings. The van der Waals surface area contributed by atoms with Gasteiger partial charge >= 0.3 is 5.97 Å². The normalized spacial score (nSPS) is 12.5. The Morgan fingerprint density at radius 3 is 2.95 bits per heavy atom. The molecular formula is C15H18FNO2. The van der Waals surface area contributed by atoms with E-state index in [-0.39, 0.29) is 5.97 Å². The summed E-state index contributed by atoms with van der Waals surface area (Å²) >= 11 is 0. The van der Waals surface area contributed by atoms with E-state index in [1.165, 1.54) is 7.11 Å². The van der Waals surface area contributed by atoms with E-state index in [9.17, 15) is 9.18 Å². The molecule has 1 N–H and O–H groups in total. The van der Waals surface area contributed by atoms with Crippen molar-refractivity contribution in [3.63, 3.8) is 0 Å². The minimum Gasteiger partial charge on any atom is -0.469 e. The van der Waals surface area contributed by atoms with Crippen LogP contribution in [0.3, 0.4) is 0 Å².